The fraction of sp³-hybridized carbons (Fsp3) is 0.636. The van der Waals surface area contributed by atoms with Crippen LogP contribution in [0.5, 0.6) is 0 Å². The van der Waals surface area contributed by atoms with Crippen LogP contribution in [-0.4, -0.2) is 103 Å². The maximum absolute atomic E-state index is 14.3. The number of ether oxygens (including phenoxy) is 4. The minimum absolute atomic E-state index is 0.0331. The summed E-state index contributed by atoms with van der Waals surface area (Å²) in [6.07, 6.45) is -1.79. The van der Waals surface area contributed by atoms with Gasteiger partial charge in [0.25, 0.3) is 0 Å². The van der Waals surface area contributed by atoms with Crippen LogP contribution in [0.15, 0.2) is 30.3 Å². The van der Waals surface area contributed by atoms with E-state index in [9.17, 15) is 32.3 Å². The number of aliphatic hydroxyl groups excluding tert-OH is 1. The lowest BCUT2D eigenvalue weighted by atomic mass is 9.62. The van der Waals surface area contributed by atoms with Gasteiger partial charge in [-0.05, 0) is 42.9 Å². The van der Waals surface area contributed by atoms with E-state index in [1.807, 2.05) is 0 Å². The Morgan fingerprint density at radius 2 is 1.76 bits per heavy atom. The van der Waals surface area contributed by atoms with Gasteiger partial charge in [-0.2, -0.15) is 18.2 Å². The van der Waals surface area contributed by atoms with Gasteiger partial charge in [-0.15, -0.1) is 0 Å². The Bertz CT molecular complexity index is 1500. The minimum atomic E-state index is -4.67. The normalized spacial score (nSPS) is 31.7. The number of nitrogens with zero attached hydrogens (tertiary/aromatic N) is 1. The van der Waals surface area contributed by atoms with Gasteiger partial charge in [0, 0.05) is 43.8 Å². The Morgan fingerprint density at radius 1 is 1.04 bits per heavy atom. The van der Waals surface area contributed by atoms with E-state index in [-0.39, 0.29) is 56.8 Å². The monoisotopic (exact) mass is 693 g/mol. The number of rotatable bonds is 13. The van der Waals surface area contributed by atoms with Crippen LogP contribution in [0.1, 0.15) is 49.7 Å². The molecule has 6 atom stereocenters. The molecule has 6 aliphatic rings. The number of halogens is 3. The lowest BCUT2D eigenvalue weighted by molar-refractivity contribution is -0.235. The van der Waals surface area contributed by atoms with Crippen LogP contribution in [0.3, 0.4) is 0 Å². The fourth-order valence-electron chi connectivity index (χ4n) is 7.77. The number of amides is 2. The van der Waals surface area contributed by atoms with E-state index in [4.69, 9.17) is 24.2 Å². The molecule has 1 aromatic rings. The maximum Gasteiger partial charge on any atom is 0.422 e. The van der Waals surface area contributed by atoms with Gasteiger partial charge in [0.2, 0.25) is 11.8 Å². The van der Waals surface area contributed by atoms with Crippen molar-refractivity contribution in [3.8, 4) is 0 Å². The summed E-state index contributed by atoms with van der Waals surface area (Å²) in [6.45, 7) is -1.97. The molecule has 3 aliphatic carbocycles. The molecule has 3 N–H and O–H groups in total. The van der Waals surface area contributed by atoms with Gasteiger partial charge >= 0.3 is 18.1 Å². The maximum atomic E-state index is 14.3. The van der Waals surface area contributed by atoms with E-state index in [1.165, 1.54) is 11.1 Å². The van der Waals surface area contributed by atoms with Crippen molar-refractivity contribution in [2.24, 2.45) is 17.3 Å². The highest BCUT2D eigenvalue weighted by molar-refractivity contribution is 5.94. The van der Waals surface area contributed by atoms with Gasteiger partial charge in [0.05, 0.1) is 13.2 Å². The Balaban J connectivity index is 1.17. The molecule has 7 rings (SSSR count). The molecule has 0 unspecified atom stereocenters. The van der Waals surface area contributed by atoms with E-state index in [0.29, 0.717) is 11.1 Å². The average Bonchev–Trinajstić information content (AvgIpc) is 4.01. The SMILES string of the molecule is O=C(CCNC(=O)[C@@]12C[C@H]3OC(=O)[C@@H]1N(Cc1ccccc1C=CC(=O)OCC(F)(F)F)O[C@@H]2[C@H]1OC(C2CC2)(C2CC2)O[C@H]13)NCCO. The molecular weight excluding hydrogens is 655 g/mol. The number of hydroxylamine groups is 2. The molecule has 266 valence electrons. The summed E-state index contributed by atoms with van der Waals surface area (Å²) < 4.78 is 61.3. The van der Waals surface area contributed by atoms with Crippen molar-refractivity contribution in [1.82, 2.24) is 15.7 Å². The molecule has 0 spiro atoms. The molecule has 3 saturated carbocycles. The number of fused-ring (bicyclic) bond motifs is 4. The number of carbonyl (C=O) groups excluding carboxylic acids is 4. The highest BCUT2D eigenvalue weighted by Gasteiger charge is 2.78. The summed E-state index contributed by atoms with van der Waals surface area (Å²) in [5.74, 6) is -3.19. The van der Waals surface area contributed by atoms with Gasteiger partial charge in [0.1, 0.15) is 29.8 Å². The van der Waals surface area contributed by atoms with Crippen LogP contribution in [-0.2, 0) is 49.5 Å². The Hall–Kier alpha value is -3.57. The van der Waals surface area contributed by atoms with Crippen molar-refractivity contribution in [1.29, 1.82) is 0 Å². The van der Waals surface area contributed by atoms with E-state index in [0.717, 1.165) is 31.8 Å². The Labute approximate surface area is 279 Å². The molecule has 3 aliphatic heterocycles. The molecule has 3 heterocycles. The quantitative estimate of drug-likeness (QED) is 0.203. The van der Waals surface area contributed by atoms with Crippen molar-refractivity contribution in [2.75, 3.05) is 26.3 Å². The number of nitrogens with one attached hydrogen (secondary N) is 2. The third-order valence-electron chi connectivity index (χ3n) is 10.1. The van der Waals surface area contributed by atoms with Gasteiger partial charge in [-0.25, -0.2) is 4.79 Å². The van der Waals surface area contributed by atoms with Crippen LogP contribution in [0, 0.1) is 17.3 Å². The van der Waals surface area contributed by atoms with Crippen molar-refractivity contribution in [3.63, 3.8) is 0 Å². The molecule has 16 heteroatoms. The lowest BCUT2D eigenvalue weighted by Crippen LogP contribution is -2.69. The standard InChI is InChI=1S/C33H38F3N3O10/c34-32(35,36)17-45-24(42)10-5-18-3-1-2-4-19(18)16-39-27-29(43)46-22-15-31(27,30(44)38-12-11-23(41)37-13-14-40)28(49-39)26-25(22)47-33(48-26,20-6-7-20)21-8-9-21/h1-5,10,20-22,25-28,40H,6-9,11-17H2,(H,37,41)(H,38,44)/t22-,25+,26+,27+,28-,31+/m1/s1. The van der Waals surface area contributed by atoms with Gasteiger partial charge < -0.3 is 34.7 Å². The third kappa shape index (κ3) is 6.44. The zero-order valence-electron chi connectivity index (χ0n) is 26.5. The van der Waals surface area contributed by atoms with Gasteiger partial charge in [-0.1, -0.05) is 24.3 Å². The summed E-state index contributed by atoms with van der Waals surface area (Å²) in [6, 6.07) is 5.50. The summed E-state index contributed by atoms with van der Waals surface area (Å²) in [5.41, 5.74) is -0.488. The van der Waals surface area contributed by atoms with Crippen LogP contribution in [0.25, 0.3) is 6.08 Å². The molecule has 2 bridgehead atoms. The predicted octanol–water partition coefficient (Wildman–Crippen LogP) is 1.52. The van der Waals surface area contributed by atoms with E-state index >= 15 is 0 Å². The first-order valence-corrected chi connectivity index (χ1v) is 16.6. The number of hydrogen-bond acceptors (Lipinski definition) is 11. The van der Waals surface area contributed by atoms with Crippen LogP contribution in [0.4, 0.5) is 13.2 Å². The second kappa shape index (κ2) is 13.0. The first-order valence-electron chi connectivity index (χ1n) is 16.6. The highest BCUT2D eigenvalue weighted by Crippen LogP contribution is 2.63. The van der Waals surface area contributed by atoms with E-state index in [2.05, 4.69) is 15.4 Å². The second-order valence-corrected chi connectivity index (χ2v) is 13.5. The molecule has 6 fully saturated rings. The second-order valence-electron chi connectivity index (χ2n) is 13.5. The summed E-state index contributed by atoms with van der Waals surface area (Å²) in [7, 11) is 0. The minimum Gasteiger partial charge on any atom is -0.458 e. The summed E-state index contributed by atoms with van der Waals surface area (Å²) >= 11 is 0. The zero-order valence-corrected chi connectivity index (χ0v) is 26.5. The third-order valence-corrected chi connectivity index (χ3v) is 10.1. The van der Waals surface area contributed by atoms with Crippen molar-refractivity contribution >= 4 is 29.8 Å². The van der Waals surface area contributed by atoms with Crippen LogP contribution in [0.2, 0.25) is 0 Å². The largest absolute Gasteiger partial charge is 0.458 e. The van der Waals surface area contributed by atoms with Gasteiger partial charge in [-0.3, -0.25) is 19.2 Å². The Kier molecular flexibility index (Phi) is 8.96. The molecule has 2 amide bonds. The fourth-order valence-corrected chi connectivity index (χ4v) is 7.77. The van der Waals surface area contributed by atoms with E-state index < -0.39 is 72.3 Å². The van der Waals surface area contributed by atoms with Crippen molar-refractivity contribution in [2.45, 2.75) is 87.5 Å². The number of carbonyl (C=O) groups is 4. The topological polar surface area (TPSA) is 162 Å². The van der Waals surface area contributed by atoms with Crippen molar-refractivity contribution in [3.05, 3.63) is 41.5 Å². The lowest BCUT2D eigenvalue weighted by Gasteiger charge is -2.48. The number of hydrogen-bond donors (Lipinski definition) is 3. The molecule has 0 aromatic heterocycles. The first-order chi connectivity index (χ1) is 23.4. The van der Waals surface area contributed by atoms with Gasteiger partial charge in [0.15, 0.2) is 18.4 Å². The molecule has 1 aromatic carbocycles. The van der Waals surface area contributed by atoms with Crippen LogP contribution >= 0.6 is 0 Å². The smallest absolute Gasteiger partial charge is 0.422 e. The summed E-state index contributed by atoms with van der Waals surface area (Å²) in [4.78, 5) is 58.9. The molecule has 0 radical (unpaired) electrons. The summed E-state index contributed by atoms with van der Waals surface area (Å²) in [5, 5.41) is 15.7. The molecule has 13 nitrogen and oxygen atoms in total. The number of benzene rings is 1. The number of esters is 2. The predicted molar refractivity (Wildman–Crippen MR) is 159 cm³/mol. The highest BCUT2D eigenvalue weighted by atomic mass is 19.4. The average molecular weight is 694 g/mol. The van der Waals surface area contributed by atoms with E-state index in [1.54, 1.807) is 24.3 Å². The molecule has 49 heavy (non-hydrogen) atoms. The van der Waals surface area contributed by atoms with Crippen molar-refractivity contribution < 1.29 is 61.2 Å². The zero-order chi connectivity index (χ0) is 34.6. The Morgan fingerprint density at radius 3 is 2.45 bits per heavy atom. The first kappa shape index (κ1) is 33.9. The van der Waals surface area contributed by atoms with Crippen LogP contribution < -0.4 is 10.6 Å². The number of alkyl halides is 3. The molecular formula is C33H38F3N3O10. The molecule has 3 saturated heterocycles. The number of aliphatic hydroxyl groups is 1.